The van der Waals surface area contributed by atoms with Crippen molar-refractivity contribution in [3.63, 3.8) is 0 Å². The van der Waals surface area contributed by atoms with Gasteiger partial charge >= 0.3 is 5.97 Å². The van der Waals surface area contributed by atoms with Crippen molar-refractivity contribution in [2.45, 2.75) is 63.3 Å². The second-order valence-electron chi connectivity index (χ2n) is 10.4. The first-order valence-corrected chi connectivity index (χ1v) is 15.4. The highest BCUT2D eigenvalue weighted by Crippen LogP contribution is 2.33. The minimum absolute atomic E-state index is 0.0670. The molecule has 2 fully saturated rings. The van der Waals surface area contributed by atoms with Crippen molar-refractivity contribution >= 4 is 22.0 Å². The van der Waals surface area contributed by atoms with E-state index in [-0.39, 0.29) is 17.8 Å². The van der Waals surface area contributed by atoms with E-state index in [9.17, 15) is 18.0 Å². The number of piperazine rings is 1. The minimum atomic E-state index is -3.67. The van der Waals surface area contributed by atoms with E-state index in [1.807, 2.05) is 23.1 Å². The number of rotatable bonds is 4. The van der Waals surface area contributed by atoms with Crippen molar-refractivity contribution in [1.29, 1.82) is 0 Å². The summed E-state index contributed by atoms with van der Waals surface area (Å²) in [6.45, 7) is 3.50. The summed E-state index contributed by atoms with van der Waals surface area (Å²) in [4.78, 5) is 30.4. The Balaban J connectivity index is 0.000000617. The first-order valence-electron chi connectivity index (χ1n) is 13.5. The van der Waals surface area contributed by atoms with E-state index < -0.39 is 10.1 Å². The number of ether oxygens (including phenoxy) is 1. The van der Waals surface area contributed by atoms with Crippen LogP contribution in [0.15, 0.2) is 48.5 Å². The molecule has 5 rings (SSSR count). The molecule has 2 aromatic carbocycles. The van der Waals surface area contributed by atoms with Crippen LogP contribution in [0.2, 0.25) is 0 Å². The van der Waals surface area contributed by atoms with Crippen molar-refractivity contribution in [2.75, 3.05) is 32.4 Å². The maximum atomic E-state index is 13.0. The molecule has 206 valence electrons. The highest BCUT2D eigenvalue weighted by atomic mass is 32.2. The van der Waals surface area contributed by atoms with Gasteiger partial charge in [0.2, 0.25) is 0 Å². The van der Waals surface area contributed by atoms with E-state index >= 15 is 0 Å². The molecule has 1 atom stereocenters. The molecule has 2 aliphatic carbocycles. The number of hydrogen-bond acceptors (Lipinski definition) is 6. The lowest BCUT2D eigenvalue weighted by Crippen LogP contribution is -2.52. The van der Waals surface area contributed by atoms with Crippen molar-refractivity contribution in [2.24, 2.45) is 0 Å². The summed E-state index contributed by atoms with van der Waals surface area (Å²) in [7, 11) is -3.67. The summed E-state index contributed by atoms with van der Waals surface area (Å²) >= 11 is 0. The van der Waals surface area contributed by atoms with Crippen molar-refractivity contribution in [3.8, 4) is 5.75 Å². The summed E-state index contributed by atoms with van der Waals surface area (Å²) in [5.74, 6) is 0.149. The van der Waals surface area contributed by atoms with Gasteiger partial charge < -0.3 is 9.64 Å². The number of carbonyl (C=O) groups excluding carboxylic acids is 2. The second kappa shape index (κ2) is 12.9. The topological polar surface area (TPSA) is 104 Å². The van der Waals surface area contributed by atoms with Gasteiger partial charge in [0, 0.05) is 37.8 Å². The molecule has 9 heteroatoms. The van der Waals surface area contributed by atoms with Gasteiger partial charge in [0.05, 0.1) is 12.2 Å². The Morgan fingerprint density at radius 1 is 0.868 bits per heavy atom. The van der Waals surface area contributed by atoms with Crippen molar-refractivity contribution in [3.05, 3.63) is 65.2 Å². The standard InChI is InChI=1S/C28H34N2O3.CH4O3S/c31-27(30-19-17-29(18-20-30)23-9-2-1-3-10-23)22-13-15-24(16-14-22)33-28(32)26-12-6-8-21-7-4-5-11-25(21)26;1-5(2,3)4/h4-5,7,11,13-16,23,26H,1-3,6,8-10,12,17-20H2;1H3,(H,2,3,4). The Labute approximate surface area is 225 Å². The fourth-order valence-electron chi connectivity index (χ4n) is 5.77. The Hall–Kier alpha value is -2.75. The fourth-order valence-corrected chi connectivity index (χ4v) is 5.77. The molecular formula is C29H38N2O6S. The molecule has 0 spiro atoms. The van der Waals surface area contributed by atoms with Gasteiger partial charge in [0.15, 0.2) is 0 Å². The Bertz CT molecular complexity index is 1190. The van der Waals surface area contributed by atoms with Gasteiger partial charge in [-0.25, -0.2) is 0 Å². The molecule has 3 aliphatic rings. The first kappa shape index (κ1) is 28.3. The summed E-state index contributed by atoms with van der Waals surface area (Å²) in [6, 6.07) is 15.9. The Morgan fingerprint density at radius 2 is 1.50 bits per heavy atom. The van der Waals surface area contributed by atoms with E-state index in [1.165, 1.54) is 37.7 Å². The van der Waals surface area contributed by atoms with E-state index in [1.54, 1.807) is 24.3 Å². The Morgan fingerprint density at radius 3 is 2.16 bits per heavy atom. The van der Waals surface area contributed by atoms with Gasteiger partial charge in [-0.3, -0.25) is 19.0 Å². The van der Waals surface area contributed by atoms with Gasteiger partial charge in [0.1, 0.15) is 5.75 Å². The van der Waals surface area contributed by atoms with Crippen LogP contribution >= 0.6 is 0 Å². The summed E-state index contributed by atoms with van der Waals surface area (Å²) in [5.41, 5.74) is 2.99. The molecule has 0 aromatic heterocycles. The monoisotopic (exact) mass is 542 g/mol. The molecule has 1 amide bonds. The van der Waals surface area contributed by atoms with Gasteiger partial charge in [-0.2, -0.15) is 8.42 Å². The van der Waals surface area contributed by atoms with E-state index in [0.717, 1.165) is 51.0 Å². The molecule has 0 bridgehead atoms. The number of carbonyl (C=O) groups is 2. The first-order chi connectivity index (χ1) is 18.2. The SMILES string of the molecule is CS(=O)(=O)O.O=C(Oc1ccc(C(=O)N2CCN(C3CCCCC3)CC2)cc1)C1CCCc2ccccc21. The molecule has 1 saturated heterocycles. The molecule has 2 aromatic rings. The smallest absolute Gasteiger partial charge is 0.318 e. The third-order valence-electron chi connectivity index (χ3n) is 7.67. The average Bonchev–Trinajstić information content (AvgIpc) is 2.92. The molecule has 38 heavy (non-hydrogen) atoms. The number of fused-ring (bicyclic) bond motifs is 1. The summed E-state index contributed by atoms with van der Waals surface area (Å²) in [6.07, 6.45) is 10.2. The molecule has 1 unspecified atom stereocenters. The maximum Gasteiger partial charge on any atom is 0.318 e. The largest absolute Gasteiger partial charge is 0.426 e. The minimum Gasteiger partial charge on any atom is -0.426 e. The van der Waals surface area contributed by atoms with Gasteiger partial charge in [0.25, 0.3) is 16.0 Å². The molecule has 1 saturated carbocycles. The van der Waals surface area contributed by atoms with Crippen LogP contribution in [-0.4, -0.2) is 73.1 Å². The molecule has 8 nitrogen and oxygen atoms in total. The lowest BCUT2D eigenvalue weighted by atomic mass is 9.83. The number of nitrogens with zero attached hydrogens (tertiary/aromatic N) is 2. The fraction of sp³-hybridized carbons (Fsp3) is 0.517. The van der Waals surface area contributed by atoms with Crippen LogP contribution in [0.4, 0.5) is 0 Å². The average molecular weight is 543 g/mol. The lowest BCUT2D eigenvalue weighted by molar-refractivity contribution is -0.136. The molecule has 1 aliphatic heterocycles. The lowest BCUT2D eigenvalue weighted by Gasteiger charge is -2.40. The van der Waals surface area contributed by atoms with Crippen LogP contribution in [-0.2, 0) is 21.3 Å². The highest BCUT2D eigenvalue weighted by molar-refractivity contribution is 7.85. The van der Waals surface area contributed by atoms with Crippen LogP contribution in [0.1, 0.15) is 72.3 Å². The van der Waals surface area contributed by atoms with E-state index in [2.05, 4.69) is 11.0 Å². The third kappa shape index (κ3) is 7.88. The van der Waals surface area contributed by atoms with Crippen LogP contribution in [0.25, 0.3) is 0 Å². The zero-order valence-corrected chi connectivity index (χ0v) is 22.9. The van der Waals surface area contributed by atoms with Crippen molar-refractivity contribution < 1.29 is 27.3 Å². The number of esters is 1. The summed E-state index contributed by atoms with van der Waals surface area (Å²) in [5, 5.41) is 0. The number of amides is 1. The zero-order chi connectivity index (χ0) is 27.1. The molecule has 1 heterocycles. The van der Waals surface area contributed by atoms with Gasteiger partial charge in [-0.05, 0) is 67.5 Å². The third-order valence-corrected chi connectivity index (χ3v) is 7.67. The van der Waals surface area contributed by atoms with Gasteiger partial charge in [-0.15, -0.1) is 0 Å². The predicted octanol–water partition coefficient (Wildman–Crippen LogP) is 4.31. The summed E-state index contributed by atoms with van der Waals surface area (Å²) < 4.78 is 31.6. The van der Waals surface area contributed by atoms with E-state index in [0.29, 0.717) is 23.6 Å². The number of hydrogen-bond donors (Lipinski definition) is 1. The number of benzene rings is 2. The quantitative estimate of drug-likeness (QED) is 0.349. The molecule has 1 N–H and O–H groups in total. The molecule has 0 radical (unpaired) electrons. The predicted molar refractivity (Wildman–Crippen MR) is 146 cm³/mol. The van der Waals surface area contributed by atoms with Crippen molar-refractivity contribution in [1.82, 2.24) is 9.80 Å². The van der Waals surface area contributed by atoms with Crippen LogP contribution in [0, 0.1) is 0 Å². The highest BCUT2D eigenvalue weighted by Gasteiger charge is 2.29. The second-order valence-corrected chi connectivity index (χ2v) is 11.9. The zero-order valence-electron chi connectivity index (χ0n) is 22.0. The number of aryl methyl sites for hydroxylation is 1. The van der Waals surface area contributed by atoms with Gasteiger partial charge in [-0.1, -0.05) is 43.5 Å². The molecular weight excluding hydrogens is 504 g/mol. The van der Waals surface area contributed by atoms with Crippen LogP contribution < -0.4 is 4.74 Å². The van der Waals surface area contributed by atoms with E-state index in [4.69, 9.17) is 9.29 Å². The van der Waals surface area contributed by atoms with Crippen LogP contribution in [0.3, 0.4) is 0 Å². The normalized spacial score (nSPS) is 20.6. The maximum absolute atomic E-state index is 13.0. The van der Waals surface area contributed by atoms with Crippen LogP contribution in [0.5, 0.6) is 5.75 Å². The Kier molecular flexibility index (Phi) is 9.57.